The lowest BCUT2D eigenvalue weighted by Gasteiger charge is -2.04. The average molecular weight is 377 g/mol. The maximum atomic E-state index is 13.2. The average Bonchev–Trinajstić information content (AvgIpc) is 2.95. The number of benzene rings is 3. The van der Waals surface area contributed by atoms with E-state index in [0.29, 0.717) is 33.7 Å². The number of halogens is 1. The number of nitro groups is 2. The van der Waals surface area contributed by atoms with Crippen LogP contribution in [0.1, 0.15) is 16.7 Å². The van der Waals surface area contributed by atoms with Crippen LogP contribution in [-0.2, 0) is 0 Å². The lowest BCUT2D eigenvalue weighted by molar-refractivity contribution is -0.393. The first-order valence-electron chi connectivity index (χ1n) is 8.28. The molecule has 8 heteroatoms. The van der Waals surface area contributed by atoms with Gasteiger partial charge in [0, 0.05) is 17.2 Å². The van der Waals surface area contributed by atoms with Gasteiger partial charge in [0.15, 0.2) is 0 Å². The molecule has 0 aliphatic heterocycles. The van der Waals surface area contributed by atoms with Crippen molar-refractivity contribution in [2.24, 2.45) is 4.99 Å². The summed E-state index contributed by atoms with van der Waals surface area (Å²) in [6.45, 7) is 1.87. The smallest absolute Gasteiger partial charge is 0.258 e. The van der Waals surface area contributed by atoms with E-state index in [0.717, 1.165) is 11.6 Å². The second kappa shape index (κ2) is 6.34. The minimum absolute atomic E-state index is 0.298. The van der Waals surface area contributed by atoms with Gasteiger partial charge in [-0.15, -0.1) is 0 Å². The highest BCUT2D eigenvalue weighted by atomic mass is 19.1. The standard InChI is InChI=1S/C20H12FN3O4/c1-11-2-7-15-16(8-11)20(22-13-5-3-12(21)4-6-13)17-9-14(23(25)26)10-18(19(15)17)24(27)28/h2-10H,1H3. The normalized spacial score (nSPS) is 13.3. The summed E-state index contributed by atoms with van der Waals surface area (Å²) >= 11 is 0. The molecular formula is C20H12FN3O4. The van der Waals surface area contributed by atoms with Crippen LogP contribution in [-0.4, -0.2) is 15.6 Å². The van der Waals surface area contributed by atoms with Crippen LogP contribution in [0, 0.1) is 33.0 Å². The summed E-state index contributed by atoms with van der Waals surface area (Å²) in [4.78, 5) is 26.2. The molecule has 28 heavy (non-hydrogen) atoms. The third-order valence-electron chi connectivity index (χ3n) is 4.53. The zero-order valence-electron chi connectivity index (χ0n) is 14.5. The predicted molar refractivity (Wildman–Crippen MR) is 102 cm³/mol. The van der Waals surface area contributed by atoms with E-state index in [9.17, 15) is 24.6 Å². The van der Waals surface area contributed by atoms with Crippen LogP contribution in [0.25, 0.3) is 11.1 Å². The van der Waals surface area contributed by atoms with E-state index < -0.39 is 15.7 Å². The third-order valence-corrected chi connectivity index (χ3v) is 4.53. The Balaban J connectivity index is 2.06. The first-order chi connectivity index (χ1) is 13.3. The van der Waals surface area contributed by atoms with E-state index in [1.807, 2.05) is 19.1 Å². The molecule has 0 saturated heterocycles. The van der Waals surface area contributed by atoms with Crippen molar-refractivity contribution < 1.29 is 14.2 Å². The molecule has 0 bridgehead atoms. The fourth-order valence-corrected chi connectivity index (χ4v) is 3.31. The van der Waals surface area contributed by atoms with E-state index in [4.69, 9.17) is 0 Å². The van der Waals surface area contributed by atoms with Crippen molar-refractivity contribution in [1.29, 1.82) is 0 Å². The number of hydrogen-bond donors (Lipinski definition) is 0. The molecule has 3 aromatic rings. The number of non-ortho nitro benzene ring substituents is 1. The summed E-state index contributed by atoms with van der Waals surface area (Å²) < 4.78 is 13.2. The largest absolute Gasteiger partial charge is 0.284 e. The number of nitrogens with zero attached hydrogens (tertiary/aromatic N) is 3. The number of rotatable bonds is 3. The molecular weight excluding hydrogens is 365 g/mol. The van der Waals surface area contributed by atoms with E-state index in [-0.39, 0.29) is 11.4 Å². The van der Waals surface area contributed by atoms with Gasteiger partial charge in [-0.05, 0) is 42.8 Å². The summed E-state index contributed by atoms with van der Waals surface area (Å²) in [6, 6.07) is 13.1. The Labute approximate surface area is 158 Å². The quantitative estimate of drug-likeness (QED) is 0.366. The number of hydrogen-bond acceptors (Lipinski definition) is 5. The van der Waals surface area contributed by atoms with Gasteiger partial charge in [-0.3, -0.25) is 20.2 Å². The zero-order valence-corrected chi connectivity index (χ0v) is 14.5. The minimum atomic E-state index is -0.670. The molecule has 0 amide bonds. The van der Waals surface area contributed by atoms with Crippen LogP contribution in [0.4, 0.5) is 21.5 Å². The van der Waals surface area contributed by atoms with E-state index in [1.165, 1.54) is 30.3 Å². The summed E-state index contributed by atoms with van der Waals surface area (Å²) in [5.41, 5.74) is 2.83. The number of aliphatic imine (C=N–C) groups is 1. The second-order valence-electron chi connectivity index (χ2n) is 6.39. The number of nitro benzene ring substituents is 2. The van der Waals surface area contributed by atoms with Crippen molar-refractivity contribution in [2.45, 2.75) is 6.92 Å². The SMILES string of the molecule is Cc1ccc2c(c1)C(=Nc1ccc(F)cc1)c1cc([N+](=O)[O-])cc([N+](=O)[O-])c1-2. The van der Waals surface area contributed by atoms with Crippen LogP contribution in [0.3, 0.4) is 0 Å². The van der Waals surface area contributed by atoms with Crippen molar-refractivity contribution >= 4 is 22.8 Å². The molecule has 3 aromatic carbocycles. The van der Waals surface area contributed by atoms with E-state index >= 15 is 0 Å². The van der Waals surface area contributed by atoms with Gasteiger partial charge >= 0.3 is 0 Å². The fourth-order valence-electron chi connectivity index (χ4n) is 3.31. The molecule has 0 radical (unpaired) electrons. The van der Waals surface area contributed by atoms with Gasteiger partial charge in [0.2, 0.25) is 0 Å². The second-order valence-corrected chi connectivity index (χ2v) is 6.39. The Hall–Kier alpha value is -3.94. The molecule has 0 fully saturated rings. The highest BCUT2D eigenvalue weighted by Crippen LogP contribution is 2.45. The van der Waals surface area contributed by atoms with Gasteiger partial charge < -0.3 is 0 Å². The van der Waals surface area contributed by atoms with Gasteiger partial charge in [0.05, 0.1) is 32.9 Å². The molecule has 4 rings (SSSR count). The molecule has 0 heterocycles. The number of aryl methyl sites for hydroxylation is 1. The summed E-state index contributed by atoms with van der Waals surface area (Å²) in [5, 5.41) is 22.9. The van der Waals surface area contributed by atoms with Crippen LogP contribution in [0.2, 0.25) is 0 Å². The van der Waals surface area contributed by atoms with Crippen molar-refractivity contribution in [3.8, 4) is 11.1 Å². The lowest BCUT2D eigenvalue weighted by Crippen LogP contribution is -2.01. The molecule has 0 atom stereocenters. The Morgan fingerprint density at radius 3 is 2.21 bits per heavy atom. The Morgan fingerprint density at radius 2 is 1.57 bits per heavy atom. The highest BCUT2D eigenvalue weighted by molar-refractivity contribution is 6.26. The van der Waals surface area contributed by atoms with Crippen molar-refractivity contribution in [3.63, 3.8) is 0 Å². The van der Waals surface area contributed by atoms with Crippen molar-refractivity contribution in [1.82, 2.24) is 0 Å². The monoisotopic (exact) mass is 377 g/mol. The third kappa shape index (κ3) is 2.81. The maximum absolute atomic E-state index is 13.2. The Morgan fingerprint density at radius 1 is 0.857 bits per heavy atom. The van der Waals surface area contributed by atoms with Gasteiger partial charge in [-0.2, -0.15) is 0 Å². The van der Waals surface area contributed by atoms with Crippen LogP contribution in [0.15, 0.2) is 59.6 Å². The molecule has 1 aliphatic rings. The highest BCUT2D eigenvalue weighted by Gasteiger charge is 2.34. The topological polar surface area (TPSA) is 98.6 Å². The lowest BCUT2D eigenvalue weighted by atomic mass is 10.0. The Kier molecular flexibility index (Phi) is 3.96. The van der Waals surface area contributed by atoms with Gasteiger partial charge in [-0.1, -0.05) is 17.7 Å². The molecule has 0 spiro atoms. The van der Waals surface area contributed by atoms with E-state index in [1.54, 1.807) is 6.07 Å². The van der Waals surface area contributed by atoms with Crippen molar-refractivity contribution in [2.75, 3.05) is 0 Å². The molecule has 0 N–H and O–H groups in total. The first kappa shape index (κ1) is 17.5. The maximum Gasteiger partial charge on any atom is 0.284 e. The molecule has 0 aromatic heterocycles. The minimum Gasteiger partial charge on any atom is -0.258 e. The summed E-state index contributed by atoms with van der Waals surface area (Å²) in [6.07, 6.45) is 0. The van der Waals surface area contributed by atoms with Crippen molar-refractivity contribution in [3.05, 3.63) is 97.3 Å². The van der Waals surface area contributed by atoms with Crippen LogP contribution in [0.5, 0.6) is 0 Å². The first-order valence-corrected chi connectivity index (χ1v) is 8.28. The summed E-state index contributed by atoms with van der Waals surface area (Å²) in [7, 11) is 0. The van der Waals surface area contributed by atoms with Gasteiger partial charge in [-0.25, -0.2) is 9.38 Å². The summed E-state index contributed by atoms with van der Waals surface area (Å²) in [5.74, 6) is -0.418. The van der Waals surface area contributed by atoms with Crippen LogP contribution < -0.4 is 0 Å². The molecule has 0 unspecified atom stereocenters. The molecule has 1 aliphatic carbocycles. The molecule has 0 saturated carbocycles. The van der Waals surface area contributed by atoms with Gasteiger partial charge in [0.1, 0.15) is 5.82 Å². The predicted octanol–water partition coefficient (Wildman–Crippen LogP) is 5.10. The number of fused-ring (bicyclic) bond motifs is 3. The fraction of sp³-hybridized carbons (Fsp3) is 0.0500. The zero-order chi connectivity index (χ0) is 20.0. The van der Waals surface area contributed by atoms with Crippen LogP contribution >= 0.6 is 0 Å². The Bertz CT molecular complexity index is 1190. The molecule has 7 nitrogen and oxygen atoms in total. The van der Waals surface area contributed by atoms with E-state index in [2.05, 4.69) is 4.99 Å². The van der Waals surface area contributed by atoms with Gasteiger partial charge in [0.25, 0.3) is 11.4 Å². The molecule has 138 valence electrons.